The molecule has 104 valence electrons. The van der Waals surface area contributed by atoms with Gasteiger partial charge in [-0.2, -0.15) is 11.3 Å². The number of amides is 1. The Morgan fingerprint density at radius 3 is 2.70 bits per heavy atom. The zero-order chi connectivity index (χ0) is 13.8. The van der Waals surface area contributed by atoms with Crippen LogP contribution >= 0.6 is 11.3 Å². The molecule has 1 fully saturated rings. The first-order valence-electron chi connectivity index (χ1n) is 6.31. The lowest BCUT2D eigenvalue weighted by molar-refractivity contribution is 0.102. The van der Waals surface area contributed by atoms with E-state index in [1.165, 1.54) is 11.3 Å². The molecule has 0 aliphatic carbocycles. The predicted molar refractivity (Wildman–Crippen MR) is 77.3 cm³/mol. The maximum absolute atomic E-state index is 11.9. The number of thiophene rings is 1. The quantitative estimate of drug-likeness (QED) is 0.930. The summed E-state index contributed by atoms with van der Waals surface area (Å²) < 4.78 is 5.29. The zero-order valence-corrected chi connectivity index (χ0v) is 11.6. The maximum Gasteiger partial charge on any atom is 0.256 e. The van der Waals surface area contributed by atoms with Crippen molar-refractivity contribution < 1.29 is 9.53 Å². The number of hydrogen-bond acceptors (Lipinski definition) is 6. The normalized spacial score (nSPS) is 15.1. The molecule has 0 aromatic carbocycles. The van der Waals surface area contributed by atoms with Crippen molar-refractivity contribution in [1.82, 2.24) is 9.97 Å². The summed E-state index contributed by atoms with van der Waals surface area (Å²) in [5.74, 6) is 0.524. The Bertz CT molecular complexity index is 565. The lowest BCUT2D eigenvalue weighted by Crippen LogP contribution is -2.37. The number of carbonyl (C=O) groups is 1. The number of carbonyl (C=O) groups excluding carboxylic acids is 1. The van der Waals surface area contributed by atoms with Crippen molar-refractivity contribution in [3.8, 4) is 0 Å². The third-order valence-corrected chi connectivity index (χ3v) is 3.66. The fraction of sp³-hybridized carbons (Fsp3) is 0.308. The van der Waals surface area contributed by atoms with Crippen LogP contribution in [0.15, 0.2) is 29.2 Å². The Labute approximate surface area is 120 Å². The second-order valence-electron chi connectivity index (χ2n) is 4.34. The minimum atomic E-state index is -0.144. The molecule has 0 unspecified atom stereocenters. The molecule has 7 heteroatoms. The molecule has 1 amide bonds. The summed E-state index contributed by atoms with van der Waals surface area (Å²) in [5.41, 5.74) is 1.24. The highest BCUT2D eigenvalue weighted by Crippen LogP contribution is 2.13. The number of morpholine rings is 1. The van der Waals surface area contributed by atoms with Crippen LogP contribution in [0.1, 0.15) is 10.4 Å². The number of nitrogens with one attached hydrogen (secondary N) is 1. The molecule has 2 aromatic heterocycles. The standard InChI is InChI=1S/C13H14N4O2S/c18-12(10-1-6-20-9-10)16-11-7-14-13(15-8-11)17-2-4-19-5-3-17/h1,6-9H,2-5H2,(H,16,18). The van der Waals surface area contributed by atoms with Crippen molar-refractivity contribution in [1.29, 1.82) is 0 Å². The van der Waals surface area contributed by atoms with Crippen molar-refractivity contribution in [2.45, 2.75) is 0 Å². The Hall–Kier alpha value is -1.99. The summed E-state index contributed by atoms with van der Waals surface area (Å²) in [6.07, 6.45) is 3.25. The summed E-state index contributed by atoms with van der Waals surface area (Å²) >= 11 is 1.49. The minimum Gasteiger partial charge on any atom is -0.378 e. The fourth-order valence-electron chi connectivity index (χ4n) is 1.91. The van der Waals surface area contributed by atoms with Crippen LogP contribution in [0.5, 0.6) is 0 Å². The van der Waals surface area contributed by atoms with Crippen LogP contribution in [0.4, 0.5) is 11.6 Å². The van der Waals surface area contributed by atoms with Gasteiger partial charge in [-0.25, -0.2) is 9.97 Å². The molecule has 0 saturated carbocycles. The third kappa shape index (κ3) is 2.94. The van der Waals surface area contributed by atoms with E-state index in [4.69, 9.17) is 4.74 Å². The average molecular weight is 290 g/mol. The molecule has 1 aliphatic heterocycles. The molecule has 0 spiro atoms. The zero-order valence-electron chi connectivity index (χ0n) is 10.8. The van der Waals surface area contributed by atoms with Crippen LogP contribution in [-0.2, 0) is 4.74 Å². The van der Waals surface area contributed by atoms with Crippen molar-refractivity contribution >= 4 is 28.9 Å². The van der Waals surface area contributed by atoms with E-state index in [0.29, 0.717) is 30.4 Å². The van der Waals surface area contributed by atoms with Gasteiger partial charge in [0.25, 0.3) is 5.91 Å². The van der Waals surface area contributed by atoms with Gasteiger partial charge in [0.05, 0.1) is 36.9 Å². The van der Waals surface area contributed by atoms with Crippen LogP contribution < -0.4 is 10.2 Å². The number of ether oxygens (including phenoxy) is 1. The van der Waals surface area contributed by atoms with E-state index in [2.05, 4.69) is 20.2 Å². The van der Waals surface area contributed by atoms with Gasteiger partial charge in [-0.1, -0.05) is 0 Å². The highest BCUT2D eigenvalue weighted by Gasteiger charge is 2.14. The Balaban J connectivity index is 1.65. The van der Waals surface area contributed by atoms with Gasteiger partial charge in [0.15, 0.2) is 0 Å². The van der Waals surface area contributed by atoms with Gasteiger partial charge in [0.1, 0.15) is 0 Å². The molecular formula is C13H14N4O2S. The number of aromatic nitrogens is 2. The first-order valence-corrected chi connectivity index (χ1v) is 7.25. The van der Waals surface area contributed by atoms with E-state index in [-0.39, 0.29) is 5.91 Å². The van der Waals surface area contributed by atoms with Crippen molar-refractivity contribution in [2.75, 3.05) is 36.5 Å². The van der Waals surface area contributed by atoms with E-state index in [1.54, 1.807) is 23.8 Å². The van der Waals surface area contributed by atoms with Gasteiger partial charge < -0.3 is 15.0 Å². The number of hydrogen-bond donors (Lipinski definition) is 1. The molecular weight excluding hydrogens is 276 g/mol. The lowest BCUT2D eigenvalue weighted by Gasteiger charge is -2.26. The van der Waals surface area contributed by atoms with Gasteiger partial charge in [-0.15, -0.1) is 0 Å². The summed E-state index contributed by atoms with van der Waals surface area (Å²) in [4.78, 5) is 22.5. The first kappa shape index (κ1) is 13.0. The van der Waals surface area contributed by atoms with Gasteiger partial charge in [0, 0.05) is 18.5 Å². The van der Waals surface area contributed by atoms with Crippen molar-refractivity contribution in [3.05, 3.63) is 34.8 Å². The molecule has 6 nitrogen and oxygen atoms in total. The summed E-state index contributed by atoms with van der Waals surface area (Å²) in [6, 6.07) is 1.78. The molecule has 1 aliphatic rings. The third-order valence-electron chi connectivity index (χ3n) is 2.97. The van der Waals surface area contributed by atoms with Gasteiger partial charge in [0.2, 0.25) is 5.95 Å². The number of anilines is 2. The fourth-order valence-corrected chi connectivity index (χ4v) is 2.55. The minimum absolute atomic E-state index is 0.144. The molecule has 1 N–H and O–H groups in total. The number of nitrogens with zero attached hydrogens (tertiary/aromatic N) is 3. The van der Waals surface area contributed by atoms with Gasteiger partial charge in [-0.05, 0) is 11.4 Å². The summed E-state index contributed by atoms with van der Waals surface area (Å²) in [7, 11) is 0. The molecule has 20 heavy (non-hydrogen) atoms. The molecule has 3 heterocycles. The van der Waals surface area contributed by atoms with E-state index in [9.17, 15) is 4.79 Å². The summed E-state index contributed by atoms with van der Waals surface area (Å²) in [5, 5.41) is 6.45. The highest BCUT2D eigenvalue weighted by molar-refractivity contribution is 7.08. The molecule has 3 rings (SSSR count). The van der Waals surface area contributed by atoms with E-state index in [1.807, 2.05) is 5.38 Å². The monoisotopic (exact) mass is 290 g/mol. The van der Waals surface area contributed by atoms with E-state index < -0.39 is 0 Å². The second-order valence-corrected chi connectivity index (χ2v) is 5.12. The van der Waals surface area contributed by atoms with E-state index >= 15 is 0 Å². The Kier molecular flexibility index (Phi) is 3.89. The van der Waals surface area contributed by atoms with Crippen molar-refractivity contribution in [2.24, 2.45) is 0 Å². The smallest absolute Gasteiger partial charge is 0.256 e. The Morgan fingerprint density at radius 1 is 1.30 bits per heavy atom. The molecule has 0 bridgehead atoms. The van der Waals surface area contributed by atoms with E-state index in [0.717, 1.165) is 13.1 Å². The van der Waals surface area contributed by atoms with Crippen LogP contribution in [0.3, 0.4) is 0 Å². The SMILES string of the molecule is O=C(Nc1cnc(N2CCOCC2)nc1)c1ccsc1. The van der Waals surface area contributed by atoms with Gasteiger partial charge >= 0.3 is 0 Å². The first-order chi connectivity index (χ1) is 9.83. The predicted octanol–water partition coefficient (Wildman–Crippen LogP) is 1.63. The second kappa shape index (κ2) is 5.98. The van der Waals surface area contributed by atoms with Crippen molar-refractivity contribution in [3.63, 3.8) is 0 Å². The molecule has 0 radical (unpaired) electrons. The van der Waals surface area contributed by atoms with Crippen LogP contribution in [0.25, 0.3) is 0 Å². The average Bonchev–Trinajstić information content (AvgIpc) is 3.03. The van der Waals surface area contributed by atoms with Crippen LogP contribution in [0.2, 0.25) is 0 Å². The Morgan fingerprint density at radius 2 is 2.05 bits per heavy atom. The largest absolute Gasteiger partial charge is 0.378 e. The topological polar surface area (TPSA) is 67.4 Å². The summed E-state index contributed by atoms with van der Waals surface area (Å²) in [6.45, 7) is 2.97. The highest BCUT2D eigenvalue weighted by atomic mass is 32.1. The maximum atomic E-state index is 11.9. The number of rotatable bonds is 3. The van der Waals surface area contributed by atoms with Crippen LogP contribution in [0, 0.1) is 0 Å². The van der Waals surface area contributed by atoms with Gasteiger partial charge in [-0.3, -0.25) is 4.79 Å². The molecule has 1 saturated heterocycles. The molecule has 0 atom stereocenters. The lowest BCUT2D eigenvalue weighted by atomic mass is 10.3. The molecule has 2 aromatic rings. The van der Waals surface area contributed by atoms with Crippen LogP contribution in [-0.4, -0.2) is 42.2 Å².